The van der Waals surface area contributed by atoms with Crippen molar-refractivity contribution in [1.29, 1.82) is 0 Å². The number of rotatable bonds is 2. The molecule has 0 aliphatic carbocycles. The molecular weight excluding hydrogens is 232 g/mol. The van der Waals surface area contributed by atoms with Crippen LogP contribution in [0.25, 0.3) is 0 Å². The van der Waals surface area contributed by atoms with E-state index in [9.17, 15) is 4.79 Å². The average molecular weight is 241 g/mol. The monoisotopic (exact) mass is 240 g/mol. The van der Waals surface area contributed by atoms with E-state index < -0.39 is 0 Å². The molecule has 1 N–H and O–H groups in total. The molecular formula is C9H9BrN2O. The highest BCUT2D eigenvalue weighted by Crippen LogP contribution is 2.12. The zero-order valence-electron chi connectivity index (χ0n) is 7.12. The first-order valence-corrected chi connectivity index (χ1v) is 4.57. The lowest BCUT2D eigenvalue weighted by atomic mass is 10.4. The molecule has 13 heavy (non-hydrogen) atoms. The first-order valence-electron chi connectivity index (χ1n) is 3.77. The van der Waals surface area contributed by atoms with E-state index in [1.807, 2.05) is 0 Å². The summed E-state index contributed by atoms with van der Waals surface area (Å²) in [4.78, 5) is 15.0. The number of anilines is 1. The number of nitrogens with zero attached hydrogens (tertiary/aromatic N) is 1. The maximum atomic E-state index is 11.1. The summed E-state index contributed by atoms with van der Waals surface area (Å²) in [6.45, 7) is 1.79. The second-order valence-electron chi connectivity index (χ2n) is 2.35. The lowest BCUT2D eigenvalue weighted by Gasteiger charge is -2.00. The van der Waals surface area contributed by atoms with Crippen molar-refractivity contribution in [2.75, 3.05) is 5.32 Å². The third-order valence-electron chi connectivity index (χ3n) is 1.29. The first-order chi connectivity index (χ1) is 6.22. The average Bonchev–Trinajstić information content (AvgIpc) is 2.04. The van der Waals surface area contributed by atoms with Crippen LogP contribution in [0, 0.1) is 0 Å². The Morgan fingerprint density at radius 3 is 3.08 bits per heavy atom. The lowest BCUT2D eigenvalue weighted by molar-refractivity contribution is -0.111. The second kappa shape index (κ2) is 4.77. The van der Waals surface area contributed by atoms with Gasteiger partial charge in [0, 0.05) is 10.7 Å². The van der Waals surface area contributed by atoms with E-state index in [0.717, 1.165) is 4.47 Å². The number of allylic oxidation sites excluding steroid dienone is 1. The van der Waals surface area contributed by atoms with Crippen LogP contribution in [-0.2, 0) is 4.79 Å². The minimum atomic E-state index is -0.173. The van der Waals surface area contributed by atoms with Gasteiger partial charge in [-0.2, -0.15) is 0 Å². The van der Waals surface area contributed by atoms with Gasteiger partial charge in [0.2, 0.25) is 5.91 Å². The molecule has 1 amide bonds. The molecule has 1 aromatic heterocycles. The van der Waals surface area contributed by atoms with E-state index in [1.54, 1.807) is 31.3 Å². The third-order valence-corrected chi connectivity index (χ3v) is 1.78. The maximum Gasteiger partial charge on any atom is 0.249 e. The van der Waals surface area contributed by atoms with Crippen LogP contribution in [0.2, 0.25) is 0 Å². The quantitative estimate of drug-likeness (QED) is 0.807. The second-order valence-corrected chi connectivity index (χ2v) is 3.26. The Balaban J connectivity index is 2.69. The van der Waals surface area contributed by atoms with Crippen LogP contribution in [0.4, 0.5) is 5.82 Å². The van der Waals surface area contributed by atoms with Gasteiger partial charge in [-0.25, -0.2) is 4.98 Å². The molecule has 0 aromatic carbocycles. The fraction of sp³-hybridized carbons (Fsp3) is 0.111. The van der Waals surface area contributed by atoms with Crippen molar-refractivity contribution < 1.29 is 4.79 Å². The molecule has 0 aliphatic rings. The molecule has 0 radical (unpaired) electrons. The van der Waals surface area contributed by atoms with Crippen molar-refractivity contribution in [1.82, 2.24) is 4.98 Å². The van der Waals surface area contributed by atoms with Gasteiger partial charge in [-0.15, -0.1) is 0 Å². The smallest absolute Gasteiger partial charge is 0.249 e. The van der Waals surface area contributed by atoms with E-state index in [0.29, 0.717) is 5.82 Å². The van der Waals surface area contributed by atoms with Crippen molar-refractivity contribution in [3.63, 3.8) is 0 Å². The molecule has 0 fully saturated rings. The fourth-order valence-electron chi connectivity index (χ4n) is 0.792. The number of carbonyl (C=O) groups excluding carboxylic acids is 1. The number of carbonyl (C=O) groups is 1. The highest BCUT2D eigenvalue weighted by Gasteiger charge is 1.97. The maximum absolute atomic E-state index is 11.1. The summed E-state index contributed by atoms with van der Waals surface area (Å²) < 4.78 is 0.887. The molecule has 0 atom stereocenters. The molecule has 0 bridgehead atoms. The SMILES string of the molecule is C/C=C/C(=O)Nc1cc(Br)ccn1. The molecule has 3 nitrogen and oxygen atoms in total. The van der Waals surface area contributed by atoms with Crippen LogP contribution in [-0.4, -0.2) is 10.9 Å². The van der Waals surface area contributed by atoms with Crippen molar-refractivity contribution in [3.8, 4) is 0 Å². The van der Waals surface area contributed by atoms with Crippen molar-refractivity contribution in [2.45, 2.75) is 6.92 Å². The Bertz CT molecular complexity index is 336. The molecule has 1 aromatic rings. The number of halogens is 1. The largest absolute Gasteiger partial charge is 0.307 e. The zero-order chi connectivity index (χ0) is 9.68. The van der Waals surface area contributed by atoms with Crippen molar-refractivity contribution >= 4 is 27.7 Å². The van der Waals surface area contributed by atoms with Gasteiger partial charge in [0.15, 0.2) is 0 Å². The molecule has 0 unspecified atom stereocenters. The van der Waals surface area contributed by atoms with E-state index in [1.165, 1.54) is 6.08 Å². The van der Waals surface area contributed by atoms with Crippen LogP contribution in [0.15, 0.2) is 35.0 Å². The van der Waals surface area contributed by atoms with Crippen molar-refractivity contribution in [3.05, 3.63) is 35.0 Å². The van der Waals surface area contributed by atoms with Crippen LogP contribution in [0.3, 0.4) is 0 Å². The Morgan fingerprint density at radius 1 is 1.69 bits per heavy atom. The Labute approximate surface area is 85.0 Å². The van der Waals surface area contributed by atoms with E-state index in [-0.39, 0.29) is 5.91 Å². The van der Waals surface area contributed by atoms with Crippen molar-refractivity contribution in [2.24, 2.45) is 0 Å². The minimum absolute atomic E-state index is 0.173. The molecule has 0 saturated carbocycles. The van der Waals surface area contributed by atoms with Gasteiger partial charge < -0.3 is 5.32 Å². The number of nitrogens with one attached hydrogen (secondary N) is 1. The van der Waals surface area contributed by atoms with E-state index >= 15 is 0 Å². The van der Waals surface area contributed by atoms with Crippen LogP contribution in [0.1, 0.15) is 6.92 Å². The van der Waals surface area contributed by atoms with Gasteiger partial charge in [-0.1, -0.05) is 22.0 Å². The summed E-state index contributed by atoms with van der Waals surface area (Å²) in [6, 6.07) is 3.53. The third kappa shape index (κ3) is 3.38. The molecule has 68 valence electrons. The number of hydrogen-bond donors (Lipinski definition) is 1. The number of pyridine rings is 1. The highest BCUT2D eigenvalue weighted by molar-refractivity contribution is 9.10. The topological polar surface area (TPSA) is 42.0 Å². The minimum Gasteiger partial charge on any atom is -0.307 e. The number of amides is 1. The van der Waals surface area contributed by atoms with Crippen LogP contribution in [0.5, 0.6) is 0 Å². The predicted octanol–water partition coefficient (Wildman–Crippen LogP) is 2.36. The van der Waals surface area contributed by atoms with Gasteiger partial charge in [-0.05, 0) is 25.1 Å². The molecule has 1 heterocycles. The first kappa shape index (κ1) is 9.92. The van der Waals surface area contributed by atoms with E-state index in [2.05, 4.69) is 26.2 Å². The molecule has 0 aliphatic heterocycles. The molecule has 1 rings (SSSR count). The summed E-state index contributed by atoms with van der Waals surface area (Å²) in [7, 11) is 0. The summed E-state index contributed by atoms with van der Waals surface area (Å²) in [5.74, 6) is 0.366. The normalized spacial score (nSPS) is 10.3. The highest BCUT2D eigenvalue weighted by atomic mass is 79.9. The van der Waals surface area contributed by atoms with Crippen LogP contribution >= 0.6 is 15.9 Å². The van der Waals surface area contributed by atoms with Gasteiger partial charge >= 0.3 is 0 Å². The molecule has 0 spiro atoms. The summed E-state index contributed by atoms with van der Waals surface area (Å²) in [6.07, 6.45) is 4.74. The lowest BCUT2D eigenvalue weighted by Crippen LogP contribution is -2.08. The number of aromatic nitrogens is 1. The zero-order valence-corrected chi connectivity index (χ0v) is 8.71. The van der Waals surface area contributed by atoms with E-state index in [4.69, 9.17) is 0 Å². The van der Waals surface area contributed by atoms with Crippen LogP contribution < -0.4 is 5.32 Å². The van der Waals surface area contributed by atoms with Gasteiger partial charge in [0.05, 0.1) is 0 Å². The van der Waals surface area contributed by atoms with Gasteiger partial charge in [0.1, 0.15) is 5.82 Å². The standard InChI is InChI=1S/C9H9BrN2O/c1-2-3-9(13)12-8-6-7(10)4-5-11-8/h2-6H,1H3,(H,11,12,13)/b3-2+. The Morgan fingerprint density at radius 2 is 2.46 bits per heavy atom. The fourth-order valence-corrected chi connectivity index (χ4v) is 1.13. The summed E-state index contributed by atoms with van der Waals surface area (Å²) in [5, 5.41) is 2.62. The molecule has 0 saturated heterocycles. The predicted molar refractivity (Wildman–Crippen MR) is 55.4 cm³/mol. The Hall–Kier alpha value is -1.16. The Kier molecular flexibility index (Phi) is 3.64. The summed E-state index contributed by atoms with van der Waals surface area (Å²) in [5.41, 5.74) is 0. The molecule has 4 heteroatoms. The summed E-state index contributed by atoms with van der Waals surface area (Å²) >= 11 is 3.28. The number of hydrogen-bond acceptors (Lipinski definition) is 2. The van der Waals surface area contributed by atoms with Gasteiger partial charge in [0.25, 0.3) is 0 Å². The van der Waals surface area contributed by atoms with Gasteiger partial charge in [-0.3, -0.25) is 4.79 Å².